The first-order chi connectivity index (χ1) is 8.20. The average molecular weight is 286 g/mol. The molecule has 0 aliphatic carbocycles. The second kappa shape index (κ2) is 5.58. The Morgan fingerprint density at radius 3 is 2.18 bits per heavy atom. The molecule has 0 saturated heterocycles. The van der Waals surface area contributed by atoms with Crippen molar-refractivity contribution in [1.82, 2.24) is 9.97 Å². The number of hydrogen-bond acceptors (Lipinski definition) is 4. The Morgan fingerprint density at radius 2 is 1.65 bits per heavy atom. The van der Waals surface area contributed by atoms with E-state index in [9.17, 15) is 0 Å². The van der Waals surface area contributed by atoms with Crippen molar-refractivity contribution in [1.29, 1.82) is 0 Å². The second-order valence-electron chi connectivity index (χ2n) is 3.12. The van der Waals surface area contributed by atoms with Gasteiger partial charge in [-0.05, 0) is 12.1 Å². The predicted octanol–water partition coefficient (Wildman–Crippen LogP) is 3.98. The Balaban J connectivity index is 2.33. The number of halogens is 2. The molecule has 0 bridgehead atoms. The van der Waals surface area contributed by atoms with Crippen molar-refractivity contribution >= 4 is 40.9 Å². The van der Waals surface area contributed by atoms with Gasteiger partial charge in [0.2, 0.25) is 5.95 Å². The van der Waals surface area contributed by atoms with Crippen LogP contribution in [0.1, 0.15) is 0 Å². The summed E-state index contributed by atoms with van der Waals surface area (Å²) in [6.45, 7) is 0. The van der Waals surface area contributed by atoms with E-state index in [1.54, 1.807) is 7.05 Å². The van der Waals surface area contributed by atoms with Gasteiger partial charge in [-0.15, -0.1) is 0 Å². The van der Waals surface area contributed by atoms with Crippen LogP contribution in [0.3, 0.4) is 0 Å². The van der Waals surface area contributed by atoms with Crippen molar-refractivity contribution in [2.45, 2.75) is 9.79 Å². The van der Waals surface area contributed by atoms with Crippen LogP contribution in [0.15, 0.2) is 40.1 Å². The maximum atomic E-state index is 6.07. The van der Waals surface area contributed by atoms with Crippen molar-refractivity contribution in [3.05, 3.63) is 40.6 Å². The molecule has 1 aromatic heterocycles. The Kier molecular flexibility index (Phi) is 4.10. The van der Waals surface area contributed by atoms with Crippen LogP contribution in [0, 0.1) is 0 Å². The lowest BCUT2D eigenvalue weighted by atomic mass is 10.4. The van der Waals surface area contributed by atoms with Gasteiger partial charge in [0.15, 0.2) is 0 Å². The molecule has 0 aliphatic rings. The topological polar surface area (TPSA) is 37.8 Å². The number of nitrogens with zero attached hydrogens (tertiary/aromatic N) is 2. The summed E-state index contributed by atoms with van der Waals surface area (Å²) in [6.07, 6.45) is 0. The lowest BCUT2D eigenvalue weighted by molar-refractivity contribution is 1.09. The minimum absolute atomic E-state index is 0.350. The molecular formula is C11H9Cl2N3S. The highest BCUT2D eigenvalue weighted by molar-refractivity contribution is 7.99. The Labute approximate surface area is 114 Å². The van der Waals surface area contributed by atoms with Crippen molar-refractivity contribution in [3.63, 3.8) is 0 Å². The summed E-state index contributed by atoms with van der Waals surface area (Å²) in [6, 6.07) is 9.81. The molecule has 88 valence electrons. The van der Waals surface area contributed by atoms with Gasteiger partial charge in [0.25, 0.3) is 0 Å². The number of rotatable bonds is 3. The first kappa shape index (κ1) is 12.5. The Bertz CT molecular complexity index is 496. The molecule has 2 aromatic rings. The summed E-state index contributed by atoms with van der Waals surface area (Å²) in [5.74, 6) is 0.414. The molecule has 0 amide bonds. The molecule has 0 spiro atoms. The van der Waals surface area contributed by atoms with Crippen LogP contribution in [-0.2, 0) is 0 Å². The molecule has 0 unspecified atom stereocenters. The van der Waals surface area contributed by atoms with E-state index in [1.165, 1.54) is 11.8 Å². The zero-order chi connectivity index (χ0) is 12.3. The molecule has 0 saturated carbocycles. The predicted molar refractivity (Wildman–Crippen MR) is 72.2 cm³/mol. The van der Waals surface area contributed by atoms with Gasteiger partial charge >= 0.3 is 0 Å². The first-order valence-corrected chi connectivity index (χ1v) is 6.41. The summed E-state index contributed by atoms with van der Waals surface area (Å²) in [7, 11) is 1.71. The van der Waals surface area contributed by atoms with Crippen LogP contribution >= 0.6 is 35.0 Å². The highest BCUT2D eigenvalue weighted by Crippen LogP contribution is 2.37. The molecule has 1 N–H and O–H groups in total. The van der Waals surface area contributed by atoms with Crippen molar-refractivity contribution in [2.75, 3.05) is 12.4 Å². The largest absolute Gasteiger partial charge is 0.357 e. The van der Waals surface area contributed by atoms with Crippen molar-refractivity contribution in [3.8, 4) is 0 Å². The molecular weight excluding hydrogens is 277 g/mol. The Hall–Kier alpha value is -0.970. The molecule has 1 heterocycles. The number of anilines is 1. The summed E-state index contributed by atoms with van der Waals surface area (Å²) in [5, 5.41) is 3.50. The average Bonchev–Trinajstić information content (AvgIpc) is 2.35. The number of benzene rings is 1. The Morgan fingerprint density at radius 1 is 1.06 bits per heavy atom. The third-order valence-electron chi connectivity index (χ3n) is 1.97. The van der Waals surface area contributed by atoms with Crippen LogP contribution in [0.2, 0.25) is 10.3 Å². The second-order valence-corrected chi connectivity index (χ2v) is 4.92. The van der Waals surface area contributed by atoms with E-state index in [4.69, 9.17) is 23.2 Å². The highest BCUT2D eigenvalue weighted by atomic mass is 35.5. The SMILES string of the molecule is CNc1nc(Cl)c(Sc2ccccc2)c(Cl)n1. The number of hydrogen-bond donors (Lipinski definition) is 1. The zero-order valence-electron chi connectivity index (χ0n) is 8.95. The fourth-order valence-electron chi connectivity index (χ4n) is 1.20. The van der Waals surface area contributed by atoms with E-state index >= 15 is 0 Å². The van der Waals surface area contributed by atoms with Crippen LogP contribution in [-0.4, -0.2) is 17.0 Å². The van der Waals surface area contributed by atoms with Crippen molar-refractivity contribution < 1.29 is 0 Å². The minimum Gasteiger partial charge on any atom is -0.357 e. The van der Waals surface area contributed by atoms with E-state index < -0.39 is 0 Å². The summed E-state index contributed by atoms with van der Waals surface area (Å²) in [4.78, 5) is 9.88. The molecule has 0 fully saturated rings. The normalized spacial score (nSPS) is 10.3. The fourth-order valence-corrected chi connectivity index (χ4v) is 2.61. The van der Waals surface area contributed by atoms with Crippen LogP contribution in [0.5, 0.6) is 0 Å². The van der Waals surface area contributed by atoms with E-state index in [0.717, 1.165) is 4.90 Å². The maximum Gasteiger partial charge on any atom is 0.225 e. The molecule has 1 aromatic carbocycles. The summed E-state index contributed by atoms with van der Waals surface area (Å²) >= 11 is 13.6. The molecule has 0 atom stereocenters. The van der Waals surface area contributed by atoms with Crippen LogP contribution in [0.25, 0.3) is 0 Å². The maximum absolute atomic E-state index is 6.07. The molecule has 17 heavy (non-hydrogen) atoms. The zero-order valence-corrected chi connectivity index (χ0v) is 11.3. The van der Waals surface area contributed by atoms with Gasteiger partial charge in [-0.25, -0.2) is 0 Å². The first-order valence-electron chi connectivity index (χ1n) is 4.84. The van der Waals surface area contributed by atoms with Gasteiger partial charge in [0.1, 0.15) is 10.3 Å². The highest BCUT2D eigenvalue weighted by Gasteiger charge is 2.12. The van der Waals surface area contributed by atoms with Gasteiger partial charge in [0, 0.05) is 11.9 Å². The van der Waals surface area contributed by atoms with Gasteiger partial charge in [-0.3, -0.25) is 0 Å². The third kappa shape index (κ3) is 3.03. The molecule has 0 aliphatic heterocycles. The molecule has 0 radical (unpaired) electrons. The lowest BCUT2D eigenvalue weighted by Gasteiger charge is -2.07. The standard InChI is InChI=1S/C11H9Cl2N3S/c1-14-11-15-9(12)8(10(13)16-11)17-7-5-3-2-4-6-7/h2-6H,1H3,(H,14,15,16). The van der Waals surface area contributed by atoms with Gasteiger partial charge in [-0.1, -0.05) is 53.2 Å². The minimum atomic E-state index is 0.350. The number of nitrogens with one attached hydrogen (secondary N) is 1. The molecule has 2 rings (SSSR count). The van der Waals surface area contributed by atoms with Crippen LogP contribution in [0.4, 0.5) is 5.95 Å². The van der Waals surface area contributed by atoms with E-state index in [1.807, 2.05) is 30.3 Å². The lowest BCUT2D eigenvalue weighted by Crippen LogP contribution is -1.98. The van der Waals surface area contributed by atoms with E-state index in [-0.39, 0.29) is 0 Å². The fraction of sp³-hybridized carbons (Fsp3) is 0.0909. The van der Waals surface area contributed by atoms with Gasteiger partial charge in [-0.2, -0.15) is 9.97 Å². The quantitative estimate of drug-likeness (QED) is 0.866. The van der Waals surface area contributed by atoms with Gasteiger partial charge < -0.3 is 5.32 Å². The van der Waals surface area contributed by atoms with Crippen molar-refractivity contribution in [2.24, 2.45) is 0 Å². The monoisotopic (exact) mass is 285 g/mol. The number of aromatic nitrogens is 2. The van der Waals surface area contributed by atoms with E-state index in [2.05, 4.69) is 15.3 Å². The third-order valence-corrected chi connectivity index (χ3v) is 3.84. The summed E-state index contributed by atoms with van der Waals surface area (Å²) < 4.78 is 0. The molecule has 3 nitrogen and oxygen atoms in total. The van der Waals surface area contributed by atoms with Crippen LogP contribution < -0.4 is 5.32 Å². The molecule has 6 heteroatoms. The summed E-state index contributed by atoms with van der Waals surface area (Å²) in [5.41, 5.74) is 0. The smallest absolute Gasteiger partial charge is 0.225 e. The van der Waals surface area contributed by atoms with E-state index in [0.29, 0.717) is 21.2 Å². The van der Waals surface area contributed by atoms with Gasteiger partial charge in [0.05, 0.1) is 4.90 Å².